The van der Waals surface area contributed by atoms with Gasteiger partial charge in [0.2, 0.25) is 0 Å². The predicted octanol–water partition coefficient (Wildman–Crippen LogP) is 3.67. The number of aromatic amines is 1. The summed E-state index contributed by atoms with van der Waals surface area (Å²) in [6.07, 6.45) is 1.43. The number of furan rings is 1. The van der Waals surface area contributed by atoms with Crippen LogP contribution in [0.5, 0.6) is 0 Å². The average Bonchev–Trinajstić information content (AvgIpc) is 2.99. The van der Waals surface area contributed by atoms with E-state index in [9.17, 15) is 4.79 Å². The van der Waals surface area contributed by atoms with E-state index in [1.165, 1.54) is 6.33 Å². The van der Waals surface area contributed by atoms with Crippen LogP contribution in [-0.4, -0.2) is 21.0 Å². The van der Waals surface area contributed by atoms with Crippen LogP contribution in [0.3, 0.4) is 0 Å². The number of carbonyl (C=O) groups excluding carboxylic acids is 1. The van der Waals surface area contributed by atoms with Crippen molar-refractivity contribution in [3.63, 3.8) is 0 Å². The number of H-pyrrole nitrogens is 1. The number of urea groups is 1. The molecule has 1 atom stereocenters. The minimum atomic E-state index is -0.320. The van der Waals surface area contributed by atoms with Crippen molar-refractivity contribution in [3.8, 4) is 0 Å². The van der Waals surface area contributed by atoms with Gasteiger partial charge in [-0.25, -0.2) is 14.8 Å². The van der Waals surface area contributed by atoms with Crippen LogP contribution in [0, 0.1) is 27.7 Å². The molecule has 7 heteroatoms. The smallest absolute Gasteiger partial charge is 0.320 e. The first-order valence-corrected chi connectivity index (χ1v) is 7.81. The largest absolute Gasteiger partial charge is 0.466 e. The van der Waals surface area contributed by atoms with Gasteiger partial charge in [-0.2, -0.15) is 0 Å². The van der Waals surface area contributed by atoms with Crippen molar-refractivity contribution in [3.05, 3.63) is 40.7 Å². The standard InChI is InChI=1S/C17H21N5O2/c1-8-6-13(12(5)24-8)11(4)21-17(23)22-16-14-9(2)10(3)20-15(14)18-7-19-16/h6-7,11H,1-5H3,(H3,18,19,20,21,22,23)/t11-/m0/s1. The molecule has 0 aliphatic carbocycles. The van der Waals surface area contributed by atoms with E-state index in [0.717, 1.165) is 33.7 Å². The van der Waals surface area contributed by atoms with Crippen LogP contribution >= 0.6 is 0 Å². The Morgan fingerprint density at radius 3 is 2.67 bits per heavy atom. The molecule has 0 radical (unpaired) electrons. The fourth-order valence-corrected chi connectivity index (χ4v) is 2.89. The van der Waals surface area contributed by atoms with E-state index >= 15 is 0 Å². The number of anilines is 1. The summed E-state index contributed by atoms with van der Waals surface area (Å²) < 4.78 is 5.52. The second kappa shape index (κ2) is 5.99. The lowest BCUT2D eigenvalue weighted by atomic mass is 10.1. The van der Waals surface area contributed by atoms with E-state index in [1.807, 2.05) is 40.7 Å². The van der Waals surface area contributed by atoms with Crippen LogP contribution in [-0.2, 0) is 0 Å². The number of nitrogens with one attached hydrogen (secondary N) is 3. The van der Waals surface area contributed by atoms with E-state index < -0.39 is 0 Å². The van der Waals surface area contributed by atoms with Crippen LogP contribution in [0.1, 0.15) is 41.3 Å². The summed E-state index contributed by atoms with van der Waals surface area (Å²) >= 11 is 0. The first-order chi connectivity index (χ1) is 11.4. The Balaban J connectivity index is 1.79. The molecule has 3 aromatic rings. The van der Waals surface area contributed by atoms with Crippen molar-refractivity contribution >= 4 is 22.9 Å². The van der Waals surface area contributed by atoms with Gasteiger partial charge in [-0.1, -0.05) is 0 Å². The van der Waals surface area contributed by atoms with E-state index in [2.05, 4.69) is 25.6 Å². The molecule has 0 saturated carbocycles. The van der Waals surface area contributed by atoms with Crippen molar-refractivity contribution in [1.29, 1.82) is 0 Å². The normalized spacial score (nSPS) is 12.4. The molecule has 0 bridgehead atoms. The van der Waals surface area contributed by atoms with Gasteiger partial charge in [0.1, 0.15) is 29.3 Å². The molecule has 0 unspecified atom stereocenters. The number of rotatable bonds is 3. The molecule has 3 aromatic heterocycles. The second-order valence-corrected chi connectivity index (χ2v) is 6.01. The summed E-state index contributed by atoms with van der Waals surface area (Å²) in [5, 5.41) is 6.55. The first-order valence-electron chi connectivity index (χ1n) is 7.81. The lowest BCUT2D eigenvalue weighted by Gasteiger charge is -2.14. The van der Waals surface area contributed by atoms with E-state index in [4.69, 9.17) is 4.42 Å². The highest BCUT2D eigenvalue weighted by atomic mass is 16.3. The Morgan fingerprint density at radius 1 is 1.25 bits per heavy atom. The topological polar surface area (TPSA) is 95.8 Å². The van der Waals surface area contributed by atoms with Gasteiger partial charge in [0.05, 0.1) is 11.4 Å². The van der Waals surface area contributed by atoms with Gasteiger partial charge >= 0.3 is 6.03 Å². The maximum atomic E-state index is 12.4. The molecule has 3 N–H and O–H groups in total. The van der Waals surface area contributed by atoms with Crippen LogP contribution < -0.4 is 10.6 Å². The Labute approximate surface area is 139 Å². The molecule has 3 rings (SSSR count). The molecule has 126 valence electrons. The van der Waals surface area contributed by atoms with Crippen molar-refractivity contribution in [2.75, 3.05) is 5.32 Å². The summed E-state index contributed by atoms with van der Waals surface area (Å²) in [5.41, 5.74) is 3.70. The zero-order valence-corrected chi connectivity index (χ0v) is 14.4. The third-order valence-corrected chi connectivity index (χ3v) is 4.22. The third kappa shape index (κ3) is 2.84. The number of aromatic nitrogens is 3. The van der Waals surface area contributed by atoms with Gasteiger partial charge in [0, 0.05) is 11.3 Å². The molecule has 0 saturated heterocycles. The number of nitrogens with zero attached hydrogens (tertiary/aromatic N) is 2. The average molecular weight is 327 g/mol. The number of hydrogen-bond donors (Lipinski definition) is 3. The SMILES string of the molecule is Cc1cc([C@H](C)NC(=O)Nc2ncnc3[nH]c(C)c(C)c23)c(C)o1. The lowest BCUT2D eigenvalue weighted by molar-refractivity contribution is 0.249. The molecule has 0 aromatic carbocycles. The minimum absolute atomic E-state index is 0.172. The van der Waals surface area contributed by atoms with Gasteiger partial charge < -0.3 is 14.7 Å². The molecule has 24 heavy (non-hydrogen) atoms. The fraction of sp³-hybridized carbons (Fsp3) is 0.353. The van der Waals surface area contributed by atoms with Gasteiger partial charge in [0.25, 0.3) is 0 Å². The maximum Gasteiger partial charge on any atom is 0.320 e. The third-order valence-electron chi connectivity index (χ3n) is 4.22. The van der Waals surface area contributed by atoms with Gasteiger partial charge in [-0.05, 0) is 46.2 Å². The van der Waals surface area contributed by atoms with Crippen LogP contribution in [0.2, 0.25) is 0 Å². The maximum absolute atomic E-state index is 12.4. The summed E-state index contributed by atoms with van der Waals surface area (Å²) in [6, 6.07) is 1.44. The zero-order valence-electron chi connectivity index (χ0n) is 14.4. The monoisotopic (exact) mass is 327 g/mol. The van der Waals surface area contributed by atoms with Crippen LogP contribution in [0.4, 0.5) is 10.6 Å². The molecule has 0 spiro atoms. The van der Waals surface area contributed by atoms with E-state index in [-0.39, 0.29) is 12.1 Å². The number of aryl methyl sites for hydroxylation is 4. The van der Waals surface area contributed by atoms with Gasteiger partial charge in [-0.3, -0.25) is 5.32 Å². The van der Waals surface area contributed by atoms with Crippen molar-refractivity contribution < 1.29 is 9.21 Å². The number of amides is 2. The fourth-order valence-electron chi connectivity index (χ4n) is 2.89. The molecule has 3 heterocycles. The number of fused-ring (bicyclic) bond motifs is 1. The molecular weight excluding hydrogens is 306 g/mol. The highest BCUT2D eigenvalue weighted by Crippen LogP contribution is 2.25. The Kier molecular flexibility index (Phi) is 4.01. The van der Waals surface area contributed by atoms with Crippen LogP contribution in [0.25, 0.3) is 11.0 Å². The Morgan fingerprint density at radius 2 is 2.00 bits per heavy atom. The Hall–Kier alpha value is -2.83. The summed E-state index contributed by atoms with van der Waals surface area (Å²) in [4.78, 5) is 23.9. The van der Waals surface area contributed by atoms with Crippen molar-refractivity contribution in [2.24, 2.45) is 0 Å². The minimum Gasteiger partial charge on any atom is -0.466 e. The van der Waals surface area contributed by atoms with Crippen LogP contribution in [0.15, 0.2) is 16.8 Å². The first kappa shape index (κ1) is 16.0. The zero-order chi connectivity index (χ0) is 17.4. The number of hydrogen-bond acceptors (Lipinski definition) is 4. The lowest BCUT2D eigenvalue weighted by Crippen LogP contribution is -2.31. The quantitative estimate of drug-likeness (QED) is 0.684. The Bertz CT molecular complexity index is 909. The molecule has 0 aliphatic rings. The highest BCUT2D eigenvalue weighted by molar-refractivity contribution is 5.99. The summed E-state index contributed by atoms with van der Waals surface area (Å²) in [5.74, 6) is 2.13. The van der Waals surface area contributed by atoms with E-state index in [0.29, 0.717) is 11.5 Å². The molecule has 7 nitrogen and oxygen atoms in total. The molecule has 0 aliphatic heterocycles. The highest BCUT2D eigenvalue weighted by Gasteiger charge is 2.17. The second-order valence-electron chi connectivity index (χ2n) is 6.01. The summed E-state index contributed by atoms with van der Waals surface area (Å²) in [6.45, 7) is 9.63. The molecule has 0 fully saturated rings. The van der Waals surface area contributed by atoms with E-state index in [1.54, 1.807) is 0 Å². The predicted molar refractivity (Wildman–Crippen MR) is 92.1 cm³/mol. The molecule has 2 amide bonds. The molecular formula is C17H21N5O2. The summed E-state index contributed by atoms with van der Waals surface area (Å²) in [7, 11) is 0. The van der Waals surface area contributed by atoms with Crippen molar-refractivity contribution in [2.45, 2.75) is 40.7 Å². The van der Waals surface area contributed by atoms with Gasteiger partial charge in [0.15, 0.2) is 0 Å². The van der Waals surface area contributed by atoms with Crippen molar-refractivity contribution in [1.82, 2.24) is 20.3 Å². The number of carbonyl (C=O) groups is 1. The van der Waals surface area contributed by atoms with Gasteiger partial charge in [-0.15, -0.1) is 0 Å².